The molecule has 1 N–H and O–H groups in total. The van der Waals surface area contributed by atoms with Gasteiger partial charge < -0.3 is 25.2 Å². The third kappa shape index (κ3) is 4.93. The van der Waals surface area contributed by atoms with Crippen LogP contribution >= 0.6 is 11.6 Å². The number of rotatable bonds is 7. The third-order valence-corrected chi connectivity index (χ3v) is 8.74. The molecule has 3 aliphatic rings. The predicted octanol–water partition coefficient (Wildman–Crippen LogP) is 5.07. The Hall–Kier alpha value is -4.19. The first-order chi connectivity index (χ1) is 20.2. The summed E-state index contributed by atoms with van der Waals surface area (Å²) in [4.78, 5) is 48.5. The molecule has 2 fully saturated rings. The van der Waals surface area contributed by atoms with E-state index in [1.165, 1.54) is 18.3 Å². The van der Waals surface area contributed by atoms with E-state index in [1.807, 2.05) is 34.1 Å². The Morgan fingerprint density at radius 1 is 1.12 bits per heavy atom. The number of aromatic nitrogens is 2. The molecule has 0 atom stereocenters. The van der Waals surface area contributed by atoms with Crippen LogP contribution in [0.2, 0.25) is 5.02 Å². The first kappa shape index (κ1) is 28.0. The summed E-state index contributed by atoms with van der Waals surface area (Å²) in [6.45, 7) is 1.46. The topological polar surface area (TPSA) is 122 Å². The monoisotopic (exact) mass is 596 g/mol. The molecule has 1 saturated carbocycles. The zero-order valence-corrected chi connectivity index (χ0v) is 23.1. The van der Waals surface area contributed by atoms with Crippen LogP contribution in [-0.4, -0.2) is 52.4 Å². The van der Waals surface area contributed by atoms with Gasteiger partial charge in [-0.1, -0.05) is 29.8 Å². The van der Waals surface area contributed by atoms with Gasteiger partial charge in [0.2, 0.25) is 5.91 Å². The first-order valence-corrected chi connectivity index (χ1v) is 14.1. The van der Waals surface area contributed by atoms with Gasteiger partial charge in [-0.05, 0) is 65.3 Å². The standard InChI is InChI=1S/C29H27ClF2N6O4/c30-18-11-21(25(26(31)32)34-12-18)27(39)35-19-7-5-17(6-8-19)14-37-23-4-2-1-3-22(23)29(28(37)40)15-36(16-29)20-9-10-24(33-13-20)38(41)42/h1-4,9-13,17,19,26H,5-8,14-16H2,(H,35,39)/t17-,19-. The van der Waals surface area contributed by atoms with Gasteiger partial charge in [0.15, 0.2) is 6.20 Å². The number of hydrogen-bond acceptors (Lipinski definition) is 7. The number of nitro groups is 1. The van der Waals surface area contributed by atoms with E-state index in [4.69, 9.17) is 11.6 Å². The zero-order valence-electron chi connectivity index (χ0n) is 22.4. The van der Waals surface area contributed by atoms with E-state index in [2.05, 4.69) is 15.3 Å². The Bertz CT molecular complexity index is 1540. The molecule has 10 nitrogen and oxygen atoms in total. The number of nitrogens with one attached hydrogen (secondary N) is 1. The third-order valence-electron chi connectivity index (χ3n) is 8.53. The fourth-order valence-electron chi connectivity index (χ4n) is 6.36. The molecule has 3 aromatic rings. The minimum absolute atomic E-state index is 0.0400. The number of amides is 2. The Morgan fingerprint density at radius 2 is 1.86 bits per heavy atom. The van der Waals surface area contributed by atoms with Crippen molar-refractivity contribution in [2.24, 2.45) is 5.92 Å². The molecular weight excluding hydrogens is 570 g/mol. The summed E-state index contributed by atoms with van der Waals surface area (Å²) in [5.41, 5.74) is 1.11. The molecule has 6 rings (SSSR count). The van der Waals surface area contributed by atoms with E-state index in [1.54, 1.807) is 6.07 Å². The Morgan fingerprint density at radius 3 is 2.52 bits per heavy atom. The van der Waals surface area contributed by atoms with Crippen LogP contribution in [0, 0.1) is 16.0 Å². The first-order valence-electron chi connectivity index (χ1n) is 13.7. The maximum absolute atomic E-state index is 13.9. The summed E-state index contributed by atoms with van der Waals surface area (Å²) in [7, 11) is 0. The van der Waals surface area contributed by atoms with Crippen molar-refractivity contribution in [3.05, 3.63) is 86.8 Å². The van der Waals surface area contributed by atoms with Crippen LogP contribution in [0.4, 0.5) is 26.0 Å². The number of anilines is 2. The molecule has 1 spiro atoms. The average Bonchev–Trinajstić information content (AvgIpc) is 3.20. The van der Waals surface area contributed by atoms with Crippen LogP contribution in [0.5, 0.6) is 0 Å². The number of fused-ring (bicyclic) bond motifs is 2. The van der Waals surface area contributed by atoms with Crippen LogP contribution in [0.15, 0.2) is 54.9 Å². The molecule has 2 amide bonds. The number of benzene rings is 1. The number of alkyl halides is 2. The number of para-hydroxylation sites is 1. The number of pyridine rings is 2. The summed E-state index contributed by atoms with van der Waals surface area (Å²) in [5.74, 6) is -0.591. The van der Waals surface area contributed by atoms with Crippen molar-refractivity contribution in [2.45, 2.75) is 43.6 Å². The van der Waals surface area contributed by atoms with Gasteiger partial charge >= 0.3 is 5.82 Å². The maximum Gasteiger partial charge on any atom is 0.363 e. The van der Waals surface area contributed by atoms with E-state index in [9.17, 15) is 28.5 Å². The van der Waals surface area contributed by atoms with Gasteiger partial charge in [0.25, 0.3) is 12.3 Å². The van der Waals surface area contributed by atoms with Crippen LogP contribution < -0.4 is 15.1 Å². The van der Waals surface area contributed by atoms with Gasteiger partial charge in [-0.15, -0.1) is 0 Å². The number of hydrogen-bond donors (Lipinski definition) is 1. The highest BCUT2D eigenvalue weighted by atomic mass is 35.5. The molecule has 2 aromatic heterocycles. The fraction of sp³-hybridized carbons (Fsp3) is 0.379. The molecule has 0 unspecified atom stereocenters. The van der Waals surface area contributed by atoms with E-state index in [0.29, 0.717) is 32.5 Å². The van der Waals surface area contributed by atoms with Crippen LogP contribution in [0.25, 0.3) is 0 Å². The van der Waals surface area contributed by atoms with Crippen molar-refractivity contribution < 1.29 is 23.3 Å². The van der Waals surface area contributed by atoms with Crippen LogP contribution in [0.3, 0.4) is 0 Å². The normalized spacial score (nSPS) is 20.9. The zero-order chi connectivity index (χ0) is 29.6. The van der Waals surface area contributed by atoms with Crippen LogP contribution in [-0.2, 0) is 10.2 Å². The summed E-state index contributed by atoms with van der Waals surface area (Å²) in [6.07, 6.45) is 2.51. The number of carbonyl (C=O) groups is 2. The molecule has 0 bridgehead atoms. The number of nitrogens with zero attached hydrogens (tertiary/aromatic N) is 5. The van der Waals surface area contributed by atoms with Gasteiger partial charge in [0, 0.05) is 43.6 Å². The van der Waals surface area contributed by atoms with E-state index < -0.39 is 28.4 Å². The minimum atomic E-state index is -2.89. The Kier molecular flexibility index (Phi) is 7.25. The average molecular weight is 597 g/mol. The second kappa shape index (κ2) is 10.9. The highest BCUT2D eigenvalue weighted by Gasteiger charge is 2.58. The lowest BCUT2D eigenvalue weighted by Crippen LogP contribution is -2.64. The molecule has 4 heterocycles. The highest BCUT2D eigenvalue weighted by Crippen LogP contribution is 2.49. The molecule has 218 valence electrons. The van der Waals surface area contributed by atoms with E-state index in [-0.39, 0.29) is 34.3 Å². The second-order valence-electron chi connectivity index (χ2n) is 11.1. The largest absolute Gasteiger partial charge is 0.365 e. The summed E-state index contributed by atoms with van der Waals surface area (Å²) in [6, 6.07) is 11.8. The predicted molar refractivity (Wildman–Crippen MR) is 151 cm³/mol. The quantitative estimate of drug-likeness (QED) is 0.298. The highest BCUT2D eigenvalue weighted by molar-refractivity contribution is 6.30. The van der Waals surface area contributed by atoms with Gasteiger partial charge in [-0.3, -0.25) is 14.6 Å². The summed E-state index contributed by atoms with van der Waals surface area (Å²) >= 11 is 5.90. The lowest BCUT2D eigenvalue weighted by Gasteiger charge is -2.47. The number of halogens is 3. The molecule has 42 heavy (non-hydrogen) atoms. The van der Waals surface area contributed by atoms with E-state index in [0.717, 1.165) is 36.0 Å². The van der Waals surface area contributed by atoms with Crippen molar-refractivity contribution in [1.82, 2.24) is 15.3 Å². The lowest BCUT2D eigenvalue weighted by molar-refractivity contribution is -0.389. The van der Waals surface area contributed by atoms with Gasteiger partial charge in [-0.25, -0.2) is 8.78 Å². The van der Waals surface area contributed by atoms with Gasteiger partial charge in [0.1, 0.15) is 11.1 Å². The molecule has 1 saturated heterocycles. The molecule has 2 aliphatic heterocycles. The molecule has 13 heteroatoms. The fourth-order valence-corrected chi connectivity index (χ4v) is 6.52. The summed E-state index contributed by atoms with van der Waals surface area (Å²) in [5, 5.41) is 13.9. The molecule has 1 aromatic carbocycles. The van der Waals surface area contributed by atoms with E-state index >= 15 is 0 Å². The van der Waals surface area contributed by atoms with Gasteiger partial charge in [-0.2, -0.15) is 0 Å². The second-order valence-corrected chi connectivity index (χ2v) is 11.5. The lowest BCUT2D eigenvalue weighted by atomic mass is 9.74. The molecule has 0 radical (unpaired) electrons. The Labute approximate surface area is 244 Å². The SMILES string of the molecule is O=C(N[C@H]1CC[C@H](CN2C(=O)C3(CN(c4ccc([N+](=O)[O-])nc4)C3)c3ccccc32)CC1)c1cc(Cl)cnc1C(F)F. The minimum Gasteiger partial charge on any atom is -0.365 e. The van der Waals surface area contributed by atoms with Crippen molar-refractivity contribution >= 4 is 40.6 Å². The smallest absolute Gasteiger partial charge is 0.363 e. The maximum atomic E-state index is 13.9. The van der Waals surface area contributed by atoms with Crippen molar-refractivity contribution in [2.75, 3.05) is 29.4 Å². The molecule has 1 aliphatic carbocycles. The molecular formula is C29H27ClF2N6O4. The van der Waals surface area contributed by atoms with Crippen molar-refractivity contribution in [3.8, 4) is 0 Å². The van der Waals surface area contributed by atoms with Crippen LogP contribution in [0.1, 0.15) is 53.7 Å². The van der Waals surface area contributed by atoms with Gasteiger partial charge in [0.05, 0.1) is 16.3 Å². The summed E-state index contributed by atoms with van der Waals surface area (Å²) < 4.78 is 26.7. The van der Waals surface area contributed by atoms with Crippen molar-refractivity contribution in [1.29, 1.82) is 0 Å². The van der Waals surface area contributed by atoms with Crippen molar-refractivity contribution in [3.63, 3.8) is 0 Å². The number of carbonyl (C=O) groups excluding carboxylic acids is 2. The Balaban J connectivity index is 1.09.